The molecular weight excluding hydrogens is 328 g/mol. The molecule has 0 N–H and O–H groups in total. The zero-order chi connectivity index (χ0) is 14.0. The molecule has 0 radical (unpaired) electrons. The van der Waals surface area contributed by atoms with Gasteiger partial charge in [-0.3, -0.25) is 4.79 Å². The predicted octanol–water partition coefficient (Wildman–Crippen LogP) is 5.10. The normalized spacial score (nSPS) is 11.2. The lowest BCUT2D eigenvalue weighted by atomic mass is 10.0. The Kier molecular flexibility index (Phi) is 4.27. The smallest absolute Gasteiger partial charge is 0.245 e. The zero-order valence-electron chi connectivity index (χ0n) is 10.5. The highest BCUT2D eigenvalue weighted by Crippen LogP contribution is 2.31. The molecule has 0 spiro atoms. The monoisotopic (exact) mass is 338 g/mol. The van der Waals surface area contributed by atoms with Crippen molar-refractivity contribution in [1.29, 1.82) is 0 Å². The summed E-state index contributed by atoms with van der Waals surface area (Å²) in [5, 5.41) is -0.520. The van der Waals surface area contributed by atoms with Gasteiger partial charge in [-0.25, -0.2) is 0 Å². The van der Waals surface area contributed by atoms with Crippen LogP contribution in [0.2, 0.25) is 0 Å². The number of hydrogen-bond acceptors (Lipinski definition) is 2. The molecular formula is C15H12BrClO2. The summed E-state index contributed by atoms with van der Waals surface area (Å²) in [5.41, 5.74) is 3.38. The van der Waals surface area contributed by atoms with Crippen LogP contribution in [-0.4, -0.2) is 5.24 Å². The Balaban J connectivity index is 2.38. The number of benzene rings is 1. The van der Waals surface area contributed by atoms with E-state index in [4.69, 9.17) is 16.0 Å². The Morgan fingerprint density at radius 2 is 1.95 bits per heavy atom. The highest BCUT2D eigenvalue weighted by atomic mass is 79.9. The summed E-state index contributed by atoms with van der Waals surface area (Å²) in [6.07, 6.45) is 2.82. The Morgan fingerprint density at radius 3 is 2.63 bits per heavy atom. The summed E-state index contributed by atoms with van der Waals surface area (Å²) in [7, 11) is 0. The minimum absolute atomic E-state index is 0.520. The van der Waals surface area contributed by atoms with Crippen molar-refractivity contribution in [2.75, 3.05) is 0 Å². The average Bonchev–Trinajstić information content (AvgIpc) is 2.82. The van der Waals surface area contributed by atoms with E-state index in [0.29, 0.717) is 5.76 Å². The van der Waals surface area contributed by atoms with Gasteiger partial charge in [-0.05, 0) is 66.9 Å². The summed E-state index contributed by atoms with van der Waals surface area (Å²) in [4.78, 5) is 10.7. The molecule has 4 heteroatoms. The van der Waals surface area contributed by atoms with Crippen LogP contribution in [0.4, 0.5) is 0 Å². The minimum atomic E-state index is -0.520. The number of carbonyl (C=O) groups excluding carboxylic acids is 1. The van der Waals surface area contributed by atoms with E-state index in [2.05, 4.69) is 29.8 Å². The number of carbonyl (C=O) groups is 1. The van der Waals surface area contributed by atoms with E-state index in [0.717, 1.165) is 21.4 Å². The molecule has 1 heterocycles. The minimum Gasteiger partial charge on any atom is -0.457 e. The van der Waals surface area contributed by atoms with Crippen LogP contribution in [0.5, 0.6) is 0 Å². The van der Waals surface area contributed by atoms with E-state index in [9.17, 15) is 4.79 Å². The summed E-state index contributed by atoms with van der Waals surface area (Å²) in [6, 6.07) is 7.69. The largest absolute Gasteiger partial charge is 0.457 e. The topological polar surface area (TPSA) is 30.2 Å². The Morgan fingerprint density at radius 1 is 1.21 bits per heavy atom. The molecule has 0 fully saturated rings. The Labute approximate surface area is 125 Å². The maximum atomic E-state index is 10.7. The number of furan rings is 1. The molecule has 0 bridgehead atoms. The number of rotatable bonds is 3. The maximum absolute atomic E-state index is 10.7. The first-order valence-corrected chi connectivity index (χ1v) is 6.89. The molecule has 0 atom stereocenters. The molecule has 2 rings (SSSR count). The molecule has 19 heavy (non-hydrogen) atoms. The van der Waals surface area contributed by atoms with Gasteiger partial charge in [-0.15, -0.1) is 0 Å². The Hall–Kier alpha value is -1.32. The molecule has 0 saturated heterocycles. The third kappa shape index (κ3) is 3.17. The van der Waals surface area contributed by atoms with Crippen LogP contribution >= 0.6 is 27.5 Å². The lowest BCUT2D eigenvalue weighted by molar-refractivity contribution is -0.107. The van der Waals surface area contributed by atoms with E-state index >= 15 is 0 Å². The first-order chi connectivity index (χ1) is 8.99. The first kappa shape index (κ1) is 14.1. The summed E-state index contributed by atoms with van der Waals surface area (Å²) in [5.74, 6) is 1.37. The van der Waals surface area contributed by atoms with Crippen molar-refractivity contribution in [2.24, 2.45) is 0 Å². The van der Waals surface area contributed by atoms with Gasteiger partial charge in [0.25, 0.3) is 0 Å². The number of allylic oxidation sites excluding steroid dienone is 1. The first-order valence-electron chi connectivity index (χ1n) is 5.72. The molecule has 2 aromatic rings. The van der Waals surface area contributed by atoms with Crippen LogP contribution in [0.15, 0.2) is 39.2 Å². The van der Waals surface area contributed by atoms with Crippen molar-refractivity contribution in [3.8, 4) is 11.3 Å². The van der Waals surface area contributed by atoms with Crippen molar-refractivity contribution in [3.05, 3.63) is 51.7 Å². The Bertz CT molecular complexity index is 656. The average molecular weight is 340 g/mol. The SMILES string of the molecule is Cc1c(Br)ccc(-c2ccc(/C=C/C(=O)Cl)o2)c1C. The molecule has 0 amide bonds. The lowest BCUT2D eigenvalue weighted by Gasteiger charge is -2.07. The van der Waals surface area contributed by atoms with Gasteiger partial charge in [0.1, 0.15) is 11.5 Å². The van der Waals surface area contributed by atoms with Gasteiger partial charge >= 0.3 is 0 Å². The highest BCUT2D eigenvalue weighted by molar-refractivity contribution is 9.10. The quantitative estimate of drug-likeness (QED) is 0.575. The van der Waals surface area contributed by atoms with Crippen LogP contribution in [0, 0.1) is 13.8 Å². The third-order valence-electron chi connectivity index (χ3n) is 2.99. The van der Waals surface area contributed by atoms with Gasteiger partial charge in [-0.1, -0.05) is 15.9 Å². The molecule has 2 nitrogen and oxygen atoms in total. The fourth-order valence-corrected chi connectivity index (χ4v) is 2.28. The van der Waals surface area contributed by atoms with E-state index < -0.39 is 5.24 Å². The van der Waals surface area contributed by atoms with Crippen molar-refractivity contribution in [2.45, 2.75) is 13.8 Å². The van der Waals surface area contributed by atoms with Crippen molar-refractivity contribution < 1.29 is 9.21 Å². The second kappa shape index (κ2) is 5.76. The van der Waals surface area contributed by atoms with Crippen LogP contribution in [-0.2, 0) is 4.79 Å². The van der Waals surface area contributed by atoms with Gasteiger partial charge in [0.2, 0.25) is 5.24 Å². The maximum Gasteiger partial charge on any atom is 0.245 e. The van der Waals surface area contributed by atoms with Gasteiger partial charge < -0.3 is 4.42 Å². The van der Waals surface area contributed by atoms with Gasteiger partial charge in [-0.2, -0.15) is 0 Å². The molecule has 1 aromatic carbocycles. The molecule has 0 aliphatic heterocycles. The third-order valence-corrected chi connectivity index (χ3v) is 3.98. The van der Waals surface area contributed by atoms with E-state index in [1.807, 2.05) is 24.3 Å². The molecule has 0 aliphatic rings. The van der Waals surface area contributed by atoms with Crippen molar-refractivity contribution >= 4 is 38.8 Å². The van der Waals surface area contributed by atoms with Crippen LogP contribution in [0.1, 0.15) is 16.9 Å². The summed E-state index contributed by atoms with van der Waals surface area (Å²) < 4.78 is 6.76. The van der Waals surface area contributed by atoms with Gasteiger partial charge in [0.15, 0.2) is 0 Å². The molecule has 0 saturated carbocycles. The summed E-state index contributed by atoms with van der Waals surface area (Å²) in [6.45, 7) is 4.11. The second-order valence-corrected chi connectivity index (χ2v) is 5.41. The van der Waals surface area contributed by atoms with Crippen molar-refractivity contribution in [1.82, 2.24) is 0 Å². The second-order valence-electron chi connectivity index (χ2n) is 4.18. The highest BCUT2D eigenvalue weighted by Gasteiger charge is 2.09. The standard InChI is InChI=1S/C15H12BrClO2/c1-9-10(2)13(16)6-5-12(9)14-7-3-11(19-14)4-8-15(17)18/h3-8H,1-2H3/b8-4+. The fourth-order valence-electron chi connectivity index (χ4n) is 1.79. The predicted molar refractivity (Wildman–Crippen MR) is 81.2 cm³/mol. The van der Waals surface area contributed by atoms with E-state index in [1.54, 1.807) is 6.08 Å². The molecule has 0 aliphatic carbocycles. The fraction of sp³-hybridized carbons (Fsp3) is 0.133. The van der Waals surface area contributed by atoms with Crippen molar-refractivity contribution in [3.63, 3.8) is 0 Å². The lowest BCUT2D eigenvalue weighted by Crippen LogP contribution is -1.87. The molecule has 1 aromatic heterocycles. The van der Waals surface area contributed by atoms with Crippen LogP contribution in [0.25, 0.3) is 17.4 Å². The zero-order valence-corrected chi connectivity index (χ0v) is 12.9. The van der Waals surface area contributed by atoms with E-state index in [-0.39, 0.29) is 0 Å². The number of halogens is 2. The number of hydrogen-bond donors (Lipinski definition) is 0. The molecule has 98 valence electrons. The van der Waals surface area contributed by atoms with E-state index in [1.165, 1.54) is 11.6 Å². The van der Waals surface area contributed by atoms with Gasteiger partial charge in [0.05, 0.1) is 0 Å². The van der Waals surface area contributed by atoms with Crippen LogP contribution in [0.3, 0.4) is 0 Å². The van der Waals surface area contributed by atoms with Crippen LogP contribution < -0.4 is 0 Å². The molecule has 0 unspecified atom stereocenters. The van der Waals surface area contributed by atoms with Gasteiger partial charge in [0, 0.05) is 16.1 Å². The summed E-state index contributed by atoms with van der Waals surface area (Å²) >= 11 is 8.75.